The fourth-order valence-corrected chi connectivity index (χ4v) is 2.31. The Balaban J connectivity index is 2.54. The monoisotopic (exact) mass is 281 g/mol. The number of aliphatic hydroxyl groups excluding tert-OH is 1. The average Bonchev–Trinajstić information content (AvgIpc) is 2.38. The van der Waals surface area contributed by atoms with Crippen molar-refractivity contribution in [2.75, 3.05) is 6.26 Å². The Morgan fingerprint density at radius 3 is 2.68 bits per heavy atom. The molecule has 0 radical (unpaired) electrons. The number of pyridine rings is 1. The smallest absolute Gasteiger partial charge is 0.175 e. The van der Waals surface area contributed by atoms with Crippen LogP contribution in [0, 0.1) is 5.82 Å². The van der Waals surface area contributed by atoms with Crippen molar-refractivity contribution >= 4 is 9.84 Å². The van der Waals surface area contributed by atoms with E-state index in [1.165, 1.54) is 18.2 Å². The Labute approximate surface area is 110 Å². The Morgan fingerprint density at radius 1 is 1.32 bits per heavy atom. The summed E-state index contributed by atoms with van der Waals surface area (Å²) in [5, 5.41) is 9.01. The van der Waals surface area contributed by atoms with Gasteiger partial charge in [0.25, 0.3) is 0 Å². The minimum absolute atomic E-state index is 0.120. The minimum atomic E-state index is -3.31. The fraction of sp³-hybridized carbons (Fsp3) is 0.154. The molecule has 0 spiro atoms. The molecule has 0 aliphatic rings. The van der Waals surface area contributed by atoms with Crippen molar-refractivity contribution in [1.82, 2.24) is 4.98 Å². The lowest BCUT2D eigenvalue weighted by Crippen LogP contribution is -1.98. The minimum Gasteiger partial charge on any atom is -0.392 e. The van der Waals surface area contributed by atoms with Gasteiger partial charge in [-0.1, -0.05) is 12.1 Å². The van der Waals surface area contributed by atoms with Crippen molar-refractivity contribution < 1.29 is 17.9 Å². The van der Waals surface area contributed by atoms with Crippen LogP contribution in [0.5, 0.6) is 0 Å². The maximum Gasteiger partial charge on any atom is 0.175 e. The zero-order chi connectivity index (χ0) is 14.0. The van der Waals surface area contributed by atoms with Crippen LogP contribution in [0.2, 0.25) is 0 Å². The third-order valence-electron chi connectivity index (χ3n) is 2.66. The molecular weight excluding hydrogens is 269 g/mol. The number of benzene rings is 1. The molecular formula is C13H12FNO3S. The normalized spacial score (nSPS) is 11.5. The summed E-state index contributed by atoms with van der Waals surface area (Å²) in [4.78, 5) is 4.07. The van der Waals surface area contributed by atoms with Crippen molar-refractivity contribution in [3.8, 4) is 11.3 Å². The Kier molecular flexibility index (Phi) is 3.64. The fourth-order valence-electron chi connectivity index (χ4n) is 1.65. The maximum absolute atomic E-state index is 13.2. The van der Waals surface area contributed by atoms with E-state index in [-0.39, 0.29) is 10.5 Å². The lowest BCUT2D eigenvalue weighted by Gasteiger charge is -2.06. The molecule has 0 saturated carbocycles. The number of aliphatic hydroxyl groups is 1. The molecule has 0 aliphatic carbocycles. The van der Waals surface area contributed by atoms with Crippen LogP contribution in [0.15, 0.2) is 41.4 Å². The molecule has 0 bridgehead atoms. The summed E-state index contributed by atoms with van der Waals surface area (Å²) >= 11 is 0. The van der Waals surface area contributed by atoms with Crippen LogP contribution in [0.25, 0.3) is 11.3 Å². The Bertz CT molecular complexity index is 714. The number of sulfone groups is 1. The number of rotatable bonds is 3. The van der Waals surface area contributed by atoms with Gasteiger partial charge in [0.1, 0.15) is 5.82 Å². The van der Waals surface area contributed by atoms with Crippen LogP contribution in [-0.4, -0.2) is 24.8 Å². The molecule has 2 aromatic rings. The quantitative estimate of drug-likeness (QED) is 0.931. The molecule has 1 aromatic heterocycles. The molecule has 4 nitrogen and oxygen atoms in total. The van der Waals surface area contributed by atoms with E-state index in [9.17, 15) is 12.8 Å². The van der Waals surface area contributed by atoms with E-state index in [1.807, 2.05) is 0 Å². The highest BCUT2D eigenvalue weighted by molar-refractivity contribution is 7.90. The SMILES string of the molecule is CS(=O)(=O)c1cccc(-c2cc(CO)c(F)cn2)c1. The third-order valence-corrected chi connectivity index (χ3v) is 3.77. The van der Waals surface area contributed by atoms with E-state index in [0.717, 1.165) is 12.5 Å². The van der Waals surface area contributed by atoms with Crippen LogP contribution in [-0.2, 0) is 16.4 Å². The molecule has 6 heteroatoms. The van der Waals surface area contributed by atoms with E-state index in [2.05, 4.69) is 4.98 Å². The maximum atomic E-state index is 13.2. The highest BCUT2D eigenvalue weighted by atomic mass is 32.2. The first-order valence-electron chi connectivity index (χ1n) is 5.47. The molecule has 0 unspecified atom stereocenters. The second-order valence-electron chi connectivity index (χ2n) is 4.12. The first-order valence-corrected chi connectivity index (χ1v) is 7.37. The largest absolute Gasteiger partial charge is 0.392 e. The molecule has 19 heavy (non-hydrogen) atoms. The van der Waals surface area contributed by atoms with Gasteiger partial charge in [0.2, 0.25) is 0 Å². The van der Waals surface area contributed by atoms with E-state index in [4.69, 9.17) is 5.11 Å². The van der Waals surface area contributed by atoms with Gasteiger partial charge in [0.15, 0.2) is 9.84 Å². The highest BCUT2D eigenvalue weighted by Gasteiger charge is 2.10. The van der Waals surface area contributed by atoms with Gasteiger partial charge < -0.3 is 5.11 Å². The molecule has 1 aromatic carbocycles. The molecule has 0 atom stereocenters. The zero-order valence-corrected chi connectivity index (χ0v) is 11.0. The van der Waals surface area contributed by atoms with Crippen LogP contribution in [0.3, 0.4) is 0 Å². The molecule has 1 N–H and O–H groups in total. The molecule has 0 aliphatic heterocycles. The summed E-state index contributed by atoms with van der Waals surface area (Å²) in [6, 6.07) is 7.62. The van der Waals surface area contributed by atoms with Gasteiger partial charge in [-0.05, 0) is 18.2 Å². The molecule has 0 amide bonds. The molecule has 1 heterocycles. The second-order valence-corrected chi connectivity index (χ2v) is 6.13. The van der Waals surface area contributed by atoms with Gasteiger partial charge in [-0.25, -0.2) is 12.8 Å². The summed E-state index contributed by atoms with van der Waals surface area (Å²) in [6.45, 7) is -0.437. The van der Waals surface area contributed by atoms with Gasteiger partial charge in [0.05, 0.1) is 23.4 Å². The van der Waals surface area contributed by atoms with Gasteiger partial charge in [-0.3, -0.25) is 4.98 Å². The van der Waals surface area contributed by atoms with Crippen LogP contribution in [0.1, 0.15) is 5.56 Å². The summed E-state index contributed by atoms with van der Waals surface area (Å²) in [6.07, 6.45) is 2.12. The van der Waals surface area contributed by atoms with E-state index < -0.39 is 22.3 Å². The second kappa shape index (κ2) is 5.07. The number of halogens is 1. The van der Waals surface area contributed by atoms with Gasteiger partial charge in [-0.15, -0.1) is 0 Å². The topological polar surface area (TPSA) is 67.3 Å². The standard InChI is InChI=1S/C13H12FNO3S/c1-19(17,18)11-4-2-3-9(5-11)13-6-10(8-16)12(14)7-15-13/h2-7,16H,8H2,1H3. The van der Waals surface area contributed by atoms with Crippen molar-refractivity contribution in [2.45, 2.75) is 11.5 Å². The van der Waals surface area contributed by atoms with Crippen molar-refractivity contribution in [1.29, 1.82) is 0 Å². The first kappa shape index (κ1) is 13.6. The lowest BCUT2D eigenvalue weighted by atomic mass is 10.1. The number of hydrogen-bond donors (Lipinski definition) is 1. The lowest BCUT2D eigenvalue weighted by molar-refractivity contribution is 0.275. The van der Waals surface area contributed by atoms with Gasteiger partial charge >= 0.3 is 0 Å². The van der Waals surface area contributed by atoms with Gasteiger partial charge in [-0.2, -0.15) is 0 Å². The molecule has 100 valence electrons. The third kappa shape index (κ3) is 2.97. The first-order chi connectivity index (χ1) is 8.91. The van der Waals surface area contributed by atoms with Crippen LogP contribution in [0.4, 0.5) is 4.39 Å². The van der Waals surface area contributed by atoms with Crippen LogP contribution >= 0.6 is 0 Å². The van der Waals surface area contributed by atoms with Crippen molar-refractivity contribution in [2.24, 2.45) is 0 Å². The average molecular weight is 281 g/mol. The van der Waals surface area contributed by atoms with Gasteiger partial charge in [0, 0.05) is 17.4 Å². The molecule has 2 rings (SSSR count). The molecule has 0 saturated heterocycles. The highest BCUT2D eigenvalue weighted by Crippen LogP contribution is 2.22. The van der Waals surface area contributed by atoms with E-state index in [1.54, 1.807) is 12.1 Å². The summed E-state index contributed by atoms with van der Waals surface area (Å²) < 4.78 is 36.2. The number of nitrogens with zero attached hydrogens (tertiary/aromatic N) is 1. The summed E-state index contributed by atoms with van der Waals surface area (Å²) in [5.74, 6) is -0.592. The summed E-state index contributed by atoms with van der Waals surface area (Å²) in [7, 11) is -3.31. The zero-order valence-electron chi connectivity index (χ0n) is 10.2. The predicted molar refractivity (Wildman–Crippen MR) is 68.7 cm³/mol. The van der Waals surface area contributed by atoms with Crippen LogP contribution < -0.4 is 0 Å². The van der Waals surface area contributed by atoms with Crippen molar-refractivity contribution in [3.63, 3.8) is 0 Å². The Morgan fingerprint density at radius 2 is 2.05 bits per heavy atom. The number of aromatic nitrogens is 1. The summed E-state index contributed by atoms with van der Waals surface area (Å²) in [5.41, 5.74) is 1.09. The van der Waals surface area contributed by atoms with E-state index >= 15 is 0 Å². The molecule has 0 fully saturated rings. The van der Waals surface area contributed by atoms with E-state index in [0.29, 0.717) is 11.3 Å². The Hall–Kier alpha value is -1.79. The van der Waals surface area contributed by atoms with Crippen molar-refractivity contribution in [3.05, 3.63) is 47.9 Å². The number of hydrogen-bond acceptors (Lipinski definition) is 4. The predicted octanol–water partition coefficient (Wildman–Crippen LogP) is 1.78.